The Kier molecular flexibility index (Phi) is 6.09. The van der Waals surface area contributed by atoms with Gasteiger partial charge in [0.2, 0.25) is 0 Å². The second-order valence-electron chi connectivity index (χ2n) is 6.47. The number of carboxylic acid groups (broad SMARTS) is 1. The van der Waals surface area contributed by atoms with E-state index in [1.165, 1.54) is 11.3 Å². The maximum atomic E-state index is 13.2. The number of carbonyl (C=O) groups excluding carboxylic acids is 2. The Labute approximate surface area is 165 Å². The van der Waals surface area contributed by atoms with Crippen molar-refractivity contribution in [2.45, 2.75) is 25.3 Å². The number of likely N-dealkylation sites (tertiary alicyclic amines) is 1. The van der Waals surface area contributed by atoms with Gasteiger partial charge in [-0.25, -0.2) is 9.59 Å². The number of anilines is 1. The fourth-order valence-corrected chi connectivity index (χ4v) is 4.26. The summed E-state index contributed by atoms with van der Waals surface area (Å²) >= 11 is 1.25. The molecule has 3 heterocycles. The van der Waals surface area contributed by atoms with Crippen molar-refractivity contribution in [3.8, 4) is 10.4 Å². The molecule has 1 aliphatic heterocycles. The molecule has 4 amide bonds. The molecule has 2 aromatic heterocycles. The Hall–Kier alpha value is -3.14. The molecule has 10 heteroatoms. The molecule has 0 spiro atoms. The van der Waals surface area contributed by atoms with Crippen molar-refractivity contribution in [3.05, 3.63) is 36.2 Å². The maximum Gasteiger partial charge on any atom is 0.404 e. The molecular weight excluding hydrogens is 382 g/mol. The molecular formula is C18H21N5O4S. The molecule has 0 unspecified atom stereocenters. The van der Waals surface area contributed by atoms with Gasteiger partial charge in [0.05, 0.1) is 5.56 Å². The molecule has 0 radical (unpaired) electrons. The second-order valence-corrected chi connectivity index (χ2v) is 7.52. The first-order valence-electron chi connectivity index (χ1n) is 8.83. The van der Waals surface area contributed by atoms with E-state index in [1.54, 1.807) is 23.4 Å². The molecule has 0 saturated carbocycles. The highest BCUT2D eigenvalue weighted by Gasteiger charge is 2.27. The van der Waals surface area contributed by atoms with Gasteiger partial charge in [0, 0.05) is 36.4 Å². The van der Waals surface area contributed by atoms with Crippen molar-refractivity contribution in [2.24, 2.45) is 5.73 Å². The number of hydrogen-bond donors (Lipinski definition) is 4. The van der Waals surface area contributed by atoms with Crippen LogP contribution in [-0.4, -0.2) is 52.2 Å². The summed E-state index contributed by atoms with van der Waals surface area (Å²) in [6.07, 6.45) is 4.47. The first-order chi connectivity index (χ1) is 13.4. The number of nitrogens with zero attached hydrogens (tertiary/aromatic N) is 2. The van der Waals surface area contributed by atoms with Crippen LogP contribution < -0.4 is 16.4 Å². The molecule has 0 aromatic carbocycles. The van der Waals surface area contributed by atoms with Crippen LogP contribution in [0.1, 0.15) is 29.6 Å². The van der Waals surface area contributed by atoms with Gasteiger partial charge in [-0.3, -0.25) is 15.1 Å². The first-order valence-corrected chi connectivity index (χ1v) is 9.65. The average Bonchev–Trinajstić information content (AvgIpc) is 2.92. The summed E-state index contributed by atoms with van der Waals surface area (Å²) in [4.78, 5) is 42.0. The van der Waals surface area contributed by atoms with Gasteiger partial charge < -0.3 is 21.1 Å². The summed E-state index contributed by atoms with van der Waals surface area (Å²) in [5.74, 6) is -0.264. The summed E-state index contributed by atoms with van der Waals surface area (Å²) in [7, 11) is 0. The van der Waals surface area contributed by atoms with E-state index in [2.05, 4.69) is 15.6 Å². The number of pyridine rings is 1. The summed E-state index contributed by atoms with van der Waals surface area (Å²) in [6.45, 7) is 0.800. The van der Waals surface area contributed by atoms with E-state index in [0.29, 0.717) is 23.5 Å². The van der Waals surface area contributed by atoms with Crippen molar-refractivity contribution in [3.63, 3.8) is 0 Å². The Bertz CT molecular complexity index is 870. The number of thiophene rings is 1. The van der Waals surface area contributed by atoms with Gasteiger partial charge in [-0.1, -0.05) is 0 Å². The lowest BCUT2D eigenvalue weighted by Gasteiger charge is -2.24. The van der Waals surface area contributed by atoms with Crippen molar-refractivity contribution in [1.29, 1.82) is 0 Å². The first kappa shape index (κ1) is 19.6. The largest absolute Gasteiger partial charge is 0.465 e. The van der Waals surface area contributed by atoms with Crippen LogP contribution in [-0.2, 0) is 0 Å². The number of rotatable bonds is 4. The Morgan fingerprint density at radius 3 is 2.68 bits per heavy atom. The number of amides is 4. The molecule has 0 bridgehead atoms. The third kappa shape index (κ3) is 4.77. The Morgan fingerprint density at radius 2 is 2.00 bits per heavy atom. The van der Waals surface area contributed by atoms with Crippen LogP contribution >= 0.6 is 11.3 Å². The van der Waals surface area contributed by atoms with Gasteiger partial charge in [0.1, 0.15) is 5.00 Å². The minimum absolute atomic E-state index is 0.264. The normalized spacial score (nSPS) is 16.9. The minimum atomic E-state index is -1.11. The topological polar surface area (TPSA) is 138 Å². The monoisotopic (exact) mass is 403 g/mol. The second kappa shape index (κ2) is 8.70. The number of nitrogens with one attached hydrogen (secondary N) is 2. The molecule has 9 nitrogen and oxygen atoms in total. The van der Waals surface area contributed by atoms with E-state index in [0.717, 1.165) is 23.3 Å². The predicted octanol–water partition coefficient (Wildman–Crippen LogP) is 2.56. The van der Waals surface area contributed by atoms with Crippen LogP contribution in [0.2, 0.25) is 0 Å². The molecule has 1 aliphatic rings. The molecule has 2 aromatic rings. The van der Waals surface area contributed by atoms with Gasteiger partial charge in [0.15, 0.2) is 0 Å². The zero-order chi connectivity index (χ0) is 20.1. The number of hydrogen-bond acceptors (Lipinski definition) is 5. The van der Waals surface area contributed by atoms with Crippen molar-refractivity contribution in [1.82, 2.24) is 15.2 Å². The van der Waals surface area contributed by atoms with Crippen molar-refractivity contribution in [2.75, 3.05) is 18.4 Å². The Balaban J connectivity index is 1.89. The quantitative estimate of drug-likeness (QED) is 0.622. The third-order valence-corrected chi connectivity index (χ3v) is 5.55. The maximum absolute atomic E-state index is 13.2. The third-order valence-electron chi connectivity index (χ3n) is 4.45. The highest BCUT2D eigenvalue weighted by Crippen LogP contribution is 2.36. The number of carbonyl (C=O) groups is 3. The molecule has 28 heavy (non-hydrogen) atoms. The summed E-state index contributed by atoms with van der Waals surface area (Å²) in [6, 6.07) is 4.27. The SMILES string of the molecule is NC(=O)Nc1sc(-c2ccncc2)cc1C(=O)N1CCCC[C@H](NC(=O)O)C1. The van der Waals surface area contributed by atoms with Gasteiger partial charge in [-0.05, 0) is 43.0 Å². The molecule has 5 N–H and O–H groups in total. The van der Waals surface area contributed by atoms with Crippen molar-refractivity contribution < 1.29 is 19.5 Å². The van der Waals surface area contributed by atoms with Crippen LogP contribution in [0.3, 0.4) is 0 Å². The summed E-state index contributed by atoms with van der Waals surface area (Å²) < 4.78 is 0. The van der Waals surface area contributed by atoms with Crippen LogP contribution in [0, 0.1) is 0 Å². The van der Waals surface area contributed by atoms with E-state index < -0.39 is 12.1 Å². The van der Waals surface area contributed by atoms with Gasteiger partial charge in [-0.15, -0.1) is 11.3 Å². The van der Waals surface area contributed by atoms with E-state index >= 15 is 0 Å². The van der Waals surface area contributed by atoms with Crippen LogP contribution in [0.5, 0.6) is 0 Å². The lowest BCUT2D eigenvalue weighted by atomic mass is 10.1. The molecule has 1 saturated heterocycles. The smallest absolute Gasteiger partial charge is 0.404 e. The molecule has 1 atom stereocenters. The molecule has 148 valence electrons. The lowest BCUT2D eigenvalue weighted by molar-refractivity contribution is 0.0749. The van der Waals surface area contributed by atoms with Crippen LogP contribution in [0.4, 0.5) is 14.6 Å². The van der Waals surface area contributed by atoms with Gasteiger partial charge in [-0.2, -0.15) is 0 Å². The standard InChI is InChI=1S/C18H21N5O4S/c19-17(25)22-15-13(9-14(28-15)11-4-6-20-7-5-11)16(24)23-8-2-1-3-12(10-23)21-18(26)27/h4-7,9,12,21H,1-3,8,10H2,(H,26,27)(H3,19,22,25)/t12-/m0/s1. The predicted molar refractivity (Wildman–Crippen MR) is 105 cm³/mol. The number of urea groups is 1. The Morgan fingerprint density at radius 1 is 1.25 bits per heavy atom. The zero-order valence-corrected chi connectivity index (χ0v) is 15.9. The zero-order valence-electron chi connectivity index (χ0n) is 15.1. The van der Waals surface area contributed by atoms with E-state index in [4.69, 9.17) is 10.8 Å². The fourth-order valence-electron chi connectivity index (χ4n) is 3.20. The van der Waals surface area contributed by atoms with E-state index in [1.807, 2.05) is 12.1 Å². The van der Waals surface area contributed by atoms with Crippen LogP contribution in [0.25, 0.3) is 10.4 Å². The molecule has 1 fully saturated rings. The summed E-state index contributed by atoms with van der Waals surface area (Å²) in [5, 5.41) is 14.4. The number of primary amides is 1. The van der Waals surface area contributed by atoms with Gasteiger partial charge in [0.25, 0.3) is 5.91 Å². The number of aromatic nitrogens is 1. The van der Waals surface area contributed by atoms with E-state index in [9.17, 15) is 14.4 Å². The highest BCUT2D eigenvalue weighted by atomic mass is 32.1. The fraction of sp³-hybridized carbons (Fsp3) is 0.333. The highest BCUT2D eigenvalue weighted by molar-refractivity contribution is 7.20. The van der Waals surface area contributed by atoms with Gasteiger partial charge >= 0.3 is 12.1 Å². The molecule has 0 aliphatic carbocycles. The summed E-state index contributed by atoms with van der Waals surface area (Å²) in [5.41, 5.74) is 6.48. The lowest BCUT2D eigenvalue weighted by Crippen LogP contribution is -2.44. The number of nitrogens with two attached hydrogens (primary N) is 1. The minimum Gasteiger partial charge on any atom is -0.465 e. The van der Waals surface area contributed by atoms with Crippen LogP contribution in [0.15, 0.2) is 30.6 Å². The average molecular weight is 403 g/mol. The van der Waals surface area contributed by atoms with E-state index in [-0.39, 0.29) is 18.5 Å². The van der Waals surface area contributed by atoms with Crippen molar-refractivity contribution >= 4 is 34.4 Å². The molecule has 3 rings (SSSR count).